The van der Waals surface area contributed by atoms with Gasteiger partial charge in [0.2, 0.25) is 0 Å². The summed E-state index contributed by atoms with van der Waals surface area (Å²) in [5.74, 6) is 0.771. The number of anilines is 1. The molecule has 1 aliphatic heterocycles. The maximum atomic E-state index is 13.7. The molecule has 1 aromatic heterocycles. The molecule has 5 nitrogen and oxygen atoms in total. The molecule has 1 amide bonds. The number of amides is 1. The first kappa shape index (κ1) is 20.0. The Morgan fingerprint density at radius 1 is 0.967 bits per heavy atom. The van der Waals surface area contributed by atoms with Gasteiger partial charge in [-0.25, -0.2) is 4.39 Å². The zero-order valence-electron chi connectivity index (χ0n) is 16.8. The molecular weight excluding hydrogens is 379 g/mol. The molecule has 0 saturated carbocycles. The third-order valence-corrected chi connectivity index (χ3v) is 5.59. The Morgan fingerprint density at radius 2 is 1.70 bits per heavy atom. The van der Waals surface area contributed by atoms with Crippen LogP contribution < -0.4 is 10.2 Å². The van der Waals surface area contributed by atoms with Crippen molar-refractivity contribution in [1.82, 2.24) is 15.5 Å². The van der Waals surface area contributed by atoms with Gasteiger partial charge in [-0.3, -0.25) is 4.79 Å². The first-order valence-corrected chi connectivity index (χ1v) is 10.3. The van der Waals surface area contributed by atoms with Crippen molar-refractivity contribution in [2.75, 3.05) is 18.0 Å². The molecule has 1 N–H and O–H groups in total. The number of aromatic nitrogens is 2. The zero-order chi connectivity index (χ0) is 20.8. The van der Waals surface area contributed by atoms with Gasteiger partial charge in [0.1, 0.15) is 5.82 Å². The Morgan fingerprint density at radius 3 is 2.40 bits per heavy atom. The van der Waals surface area contributed by atoms with E-state index in [0.29, 0.717) is 11.5 Å². The summed E-state index contributed by atoms with van der Waals surface area (Å²) < 4.78 is 13.7. The SMILES string of the molecule is O=C(NCc1ccccc1F)c1ccc(N2CCC(Cc3ccccc3)CC2)nn1. The van der Waals surface area contributed by atoms with Gasteiger partial charge in [0, 0.05) is 25.2 Å². The van der Waals surface area contributed by atoms with E-state index in [1.54, 1.807) is 24.3 Å². The minimum atomic E-state index is -0.362. The molecule has 0 bridgehead atoms. The minimum absolute atomic E-state index is 0.115. The van der Waals surface area contributed by atoms with Crippen molar-refractivity contribution in [3.63, 3.8) is 0 Å². The molecule has 154 valence electrons. The highest BCUT2D eigenvalue weighted by Crippen LogP contribution is 2.24. The van der Waals surface area contributed by atoms with Crippen LogP contribution in [0.2, 0.25) is 0 Å². The van der Waals surface area contributed by atoms with Crippen LogP contribution in [0.15, 0.2) is 66.7 Å². The highest BCUT2D eigenvalue weighted by atomic mass is 19.1. The zero-order valence-corrected chi connectivity index (χ0v) is 16.8. The number of nitrogens with zero attached hydrogens (tertiary/aromatic N) is 3. The molecule has 0 unspecified atom stereocenters. The lowest BCUT2D eigenvalue weighted by Gasteiger charge is -2.32. The standard InChI is InChI=1S/C24H25FN4O/c25-21-9-5-4-8-20(21)17-26-24(30)22-10-11-23(28-27-22)29-14-12-19(13-15-29)16-18-6-2-1-3-7-18/h1-11,19H,12-17H2,(H,26,30). The first-order valence-electron chi connectivity index (χ1n) is 10.3. The van der Waals surface area contributed by atoms with E-state index in [-0.39, 0.29) is 24.0 Å². The second-order valence-corrected chi connectivity index (χ2v) is 7.67. The summed E-state index contributed by atoms with van der Waals surface area (Å²) in [4.78, 5) is 14.5. The number of hydrogen-bond acceptors (Lipinski definition) is 4. The van der Waals surface area contributed by atoms with Gasteiger partial charge in [-0.05, 0) is 48.9 Å². The Hall–Kier alpha value is -3.28. The van der Waals surface area contributed by atoms with Crippen LogP contribution in [0, 0.1) is 11.7 Å². The number of piperidine rings is 1. The van der Waals surface area contributed by atoms with Crippen LogP contribution in [0.3, 0.4) is 0 Å². The molecule has 3 aromatic rings. The molecule has 1 fully saturated rings. The second kappa shape index (κ2) is 9.48. The van der Waals surface area contributed by atoms with E-state index in [1.165, 1.54) is 11.6 Å². The van der Waals surface area contributed by atoms with Crippen LogP contribution >= 0.6 is 0 Å². The molecule has 0 radical (unpaired) electrons. The van der Waals surface area contributed by atoms with Crippen LogP contribution in [0.1, 0.15) is 34.5 Å². The van der Waals surface area contributed by atoms with Crippen molar-refractivity contribution in [2.45, 2.75) is 25.8 Å². The number of nitrogens with one attached hydrogen (secondary N) is 1. The molecule has 4 rings (SSSR count). The average Bonchev–Trinajstić information content (AvgIpc) is 2.80. The van der Waals surface area contributed by atoms with Gasteiger partial charge < -0.3 is 10.2 Å². The number of benzene rings is 2. The molecular formula is C24H25FN4O. The van der Waals surface area contributed by atoms with Crippen molar-refractivity contribution in [1.29, 1.82) is 0 Å². The number of rotatable bonds is 6. The molecule has 0 atom stereocenters. The van der Waals surface area contributed by atoms with E-state index in [1.807, 2.05) is 6.07 Å². The van der Waals surface area contributed by atoms with E-state index in [2.05, 4.69) is 50.7 Å². The smallest absolute Gasteiger partial charge is 0.272 e. The molecule has 0 spiro atoms. The summed E-state index contributed by atoms with van der Waals surface area (Å²) in [5.41, 5.74) is 2.06. The van der Waals surface area contributed by atoms with Crippen molar-refractivity contribution in [2.24, 2.45) is 5.92 Å². The van der Waals surface area contributed by atoms with E-state index in [4.69, 9.17) is 0 Å². The maximum absolute atomic E-state index is 13.7. The number of halogens is 1. The van der Waals surface area contributed by atoms with Crippen LogP contribution in [-0.2, 0) is 13.0 Å². The summed E-state index contributed by atoms with van der Waals surface area (Å²) in [6.45, 7) is 1.99. The van der Waals surface area contributed by atoms with Crippen molar-refractivity contribution in [3.8, 4) is 0 Å². The summed E-state index contributed by atoms with van der Waals surface area (Å²) in [6.07, 6.45) is 3.34. The normalized spacial score (nSPS) is 14.5. The Kier molecular flexibility index (Phi) is 6.32. The van der Waals surface area contributed by atoms with E-state index in [0.717, 1.165) is 38.2 Å². The molecule has 1 saturated heterocycles. The first-order chi connectivity index (χ1) is 14.7. The predicted molar refractivity (Wildman–Crippen MR) is 115 cm³/mol. The van der Waals surface area contributed by atoms with E-state index < -0.39 is 0 Å². The van der Waals surface area contributed by atoms with Gasteiger partial charge in [0.05, 0.1) is 0 Å². The Balaban J connectivity index is 1.28. The lowest BCUT2D eigenvalue weighted by molar-refractivity contribution is 0.0944. The quantitative estimate of drug-likeness (QED) is 0.675. The van der Waals surface area contributed by atoms with Gasteiger partial charge in [-0.15, -0.1) is 10.2 Å². The molecule has 6 heteroatoms. The maximum Gasteiger partial charge on any atom is 0.272 e. The van der Waals surface area contributed by atoms with Crippen molar-refractivity contribution >= 4 is 11.7 Å². The molecule has 1 aliphatic rings. The number of hydrogen-bond donors (Lipinski definition) is 1. The van der Waals surface area contributed by atoms with Gasteiger partial charge in [-0.1, -0.05) is 48.5 Å². The van der Waals surface area contributed by atoms with E-state index in [9.17, 15) is 9.18 Å². The topological polar surface area (TPSA) is 58.1 Å². The van der Waals surface area contributed by atoms with Crippen LogP contribution in [0.25, 0.3) is 0 Å². The second-order valence-electron chi connectivity index (χ2n) is 7.67. The van der Waals surface area contributed by atoms with Crippen molar-refractivity contribution in [3.05, 3.63) is 89.4 Å². The molecule has 2 heterocycles. The van der Waals surface area contributed by atoms with Crippen LogP contribution in [0.4, 0.5) is 10.2 Å². The van der Waals surface area contributed by atoms with Gasteiger partial charge in [-0.2, -0.15) is 0 Å². The molecule has 30 heavy (non-hydrogen) atoms. The lowest BCUT2D eigenvalue weighted by atomic mass is 9.90. The van der Waals surface area contributed by atoms with Gasteiger partial charge in [0.25, 0.3) is 5.91 Å². The van der Waals surface area contributed by atoms with Crippen LogP contribution in [-0.4, -0.2) is 29.2 Å². The number of carbonyl (C=O) groups excluding carboxylic acids is 1. The predicted octanol–water partition coefficient (Wildman–Crippen LogP) is 4.00. The number of carbonyl (C=O) groups is 1. The highest BCUT2D eigenvalue weighted by Gasteiger charge is 2.21. The Bertz CT molecular complexity index is 970. The average molecular weight is 404 g/mol. The van der Waals surface area contributed by atoms with Gasteiger partial charge >= 0.3 is 0 Å². The monoisotopic (exact) mass is 404 g/mol. The Labute approximate surface area is 176 Å². The summed E-state index contributed by atoms with van der Waals surface area (Å²) >= 11 is 0. The summed E-state index contributed by atoms with van der Waals surface area (Å²) in [5, 5.41) is 11.0. The molecule has 0 aliphatic carbocycles. The van der Waals surface area contributed by atoms with Crippen molar-refractivity contribution < 1.29 is 9.18 Å². The summed E-state index contributed by atoms with van der Waals surface area (Å²) in [7, 11) is 0. The van der Waals surface area contributed by atoms with E-state index >= 15 is 0 Å². The van der Waals surface area contributed by atoms with Crippen LogP contribution in [0.5, 0.6) is 0 Å². The fraction of sp³-hybridized carbons (Fsp3) is 0.292. The highest BCUT2D eigenvalue weighted by molar-refractivity contribution is 5.92. The van der Waals surface area contributed by atoms with Gasteiger partial charge in [0.15, 0.2) is 11.5 Å². The third kappa shape index (κ3) is 5.00. The molecule has 2 aromatic carbocycles. The minimum Gasteiger partial charge on any atom is -0.355 e. The largest absolute Gasteiger partial charge is 0.355 e. The lowest BCUT2D eigenvalue weighted by Crippen LogP contribution is -2.35. The fourth-order valence-electron chi connectivity index (χ4n) is 3.84. The third-order valence-electron chi connectivity index (χ3n) is 5.59. The summed E-state index contributed by atoms with van der Waals surface area (Å²) in [6, 6.07) is 20.5. The fourth-order valence-corrected chi connectivity index (χ4v) is 3.84.